The molecule has 3 aromatic heterocycles. The van der Waals surface area contributed by atoms with Crippen molar-refractivity contribution in [2.24, 2.45) is 0 Å². The molecule has 1 saturated carbocycles. The minimum atomic E-state index is 0.498. The maximum atomic E-state index is 6.23. The molecule has 1 fully saturated rings. The van der Waals surface area contributed by atoms with E-state index in [1.807, 2.05) is 41.2 Å². The summed E-state index contributed by atoms with van der Waals surface area (Å²) in [7, 11) is 0. The van der Waals surface area contributed by atoms with Gasteiger partial charge in [-0.1, -0.05) is 18.6 Å². The number of hydrogen-bond acceptors (Lipinski definition) is 5. The second-order valence-electron chi connectivity index (χ2n) is 7.15. The van der Waals surface area contributed by atoms with E-state index in [9.17, 15) is 0 Å². The zero-order valence-corrected chi connectivity index (χ0v) is 15.5. The van der Waals surface area contributed by atoms with Crippen molar-refractivity contribution in [3.8, 4) is 17.0 Å². The highest BCUT2D eigenvalue weighted by atomic mass is 16.5. The molecule has 0 aliphatic heterocycles. The molecule has 5 rings (SSSR count). The number of aromatic nitrogens is 5. The molecule has 0 saturated heterocycles. The van der Waals surface area contributed by atoms with Crippen molar-refractivity contribution in [1.29, 1.82) is 0 Å². The van der Waals surface area contributed by atoms with Gasteiger partial charge < -0.3 is 15.0 Å². The van der Waals surface area contributed by atoms with Gasteiger partial charge in [-0.3, -0.25) is 4.40 Å². The number of anilines is 1. The number of ether oxygens (including phenoxy) is 1. The number of rotatable bonds is 6. The van der Waals surface area contributed by atoms with Gasteiger partial charge in [0.2, 0.25) is 0 Å². The molecular weight excluding hydrogens is 352 g/mol. The molecule has 0 atom stereocenters. The molecule has 0 bridgehead atoms. The summed E-state index contributed by atoms with van der Waals surface area (Å²) in [5.74, 6) is 2.89. The van der Waals surface area contributed by atoms with Crippen LogP contribution in [0.15, 0.2) is 55.4 Å². The summed E-state index contributed by atoms with van der Waals surface area (Å²) in [6.07, 6.45) is 12.8. The Morgan fingerprint density at radius 1 is 1.18 bits per heavy atom. The molecule has 0 spiro atoms. The predicted octanol–water partition coefficient (Wildman–Crippen LogP) is 3.52. The van der Waals surface area contributed by atoms with Gasteiger partial charge in [-0.25, -0.2) is 15.0 Å². The van der Waals surface area contributed by atoms with E-state index < -0.39 is 0 Å². The lowest BCUT2D eigenvalue weighted by Gasteiger charge is -2.23. The molecule has 0 radical (unpaired) electrons. The summed E-state index contributed by atoms with van der Waals surface area (Å²) in [6, 6.07) is 8.02. The lowest BCUT2D eigenvalue weighted by Crippen LogP contribution is -2.12. The van der Waals surface area contributed by atoms with Crippen molar-refractivity contribution in [2.45, 2.75) is 31.7 Å². The molecule has 2 N–H and O–H groups in total. The molecule has 3 heterocycles. The second kappa shape index (κ2) is 6.99. The van der Waals surface area contributed by atoms with E-state index in [1.165, 1.54) is 19.3 Å². The van der Waals surface area contributed by atoms with Crippen LogP contribution in [0.25, 0.3) is 16.8 Å². The number of fused-ring (bicyclic) bond motifs is 1. The monoisotopic (exact) mass is 374 g/mol. The van der Waals surface area contributed by atoms with Gasteiger partial charge in [-0.2, -0.15) is 0 Å². The van der Waals surface area contributed by atoms with Crippen LogP contribution in [0, 0.1) is 0 Å². The van der Waals surface area contributed by atoms with Crippen molar-refractivity contribution < 1.29 is 4.74 Å². The van der Waals surface area contributed by atoms with E-state index >= 15 is 0 Å². The topological polar surface area (TPSA) is 83.3 Å². The molecule has 28 heavy (non-hydrogen) atoms. The third-order valence-electron chi connectivity index (χ3n) is 5.37. The van der Waals surface area contributed by atoms with Crippen LogP contribution in [0.4, 0.5) is 5.82 Å². The van der Waals surface area contributed by atoms with Gasteiger partial charge in [0, 0.05) is 36.3 Å². The average molecular weight is 374 g/mol. The van der Waals surface area contributed by atoms with Gasteiger partial charge in [-0.15, -0.1) is 0 Å². The van der Waals surface area contributed by atoms with Crippen LogP contribution >= 0.6 is 0 Å². The molecular formula is C21H22N6O. The van der Waals surface area contributed by atoms with Crippen molar-refractivity contribution in [3.63, 3.8) is 0 Å². The van der Waals surface area contributed by atoms with E-state index in [-0.39, 0.29) is 0 Å². The van der Waals surface area contributed by atoms with Crippen molar-refractivity contribution in [3.05, 3.63) is 61.2 Å². The van der Waals surface area contributed by atoms with Gasteiger partial charge in [0.05, 0.1) is 12.9 Å². The first-order valence-corrected chi connectivity index (χ1v) is 9.61. The Morgan fingerprint density at radius 3 is 2.89 bits per heavy atom. The van der Waals surface area contributed by atoms with Crippen molar-refractivity contribution in [2.75, 3.05) is 12.3 Å². The maximum absolute atomic E-state index is 6.23. The summed E-state index contributed by atoms with van der Waals surface area (Å²) in [5, 5.41) is 0. The molecule has 7 heteroatoms. The van der Waals surface area contributed by atoms with Crippen LogP contribution in [0.3, 0.4) is 0 Å². The maximum Gasteiger partial charge on any atom is 0.150 e. The molecule has 7 nitrogen and oxygen atoms in total. The molecule has 1 aromatic carbocycles. The smallest absolute Gasteiger partial charge is 0.150 e. The van der Waals surface area contributed by atoms with Crippen LogP contribution in [-0.2, 0) is 6.54 Å². The lowest BCUT2D eigenvalue weighted by molar-refractivity contribution is 0.298. The van der Waals surface area contributed by atoms with E-state index in [2.05, 4.69) is 14.4 Å². The first kappa shape index (κ1) is 16.8. The van der Waals surface area contributed by atoms with E-state index in [1.54, 1.807) is 18.7 Å². The van der Waals surface area contributed by atoms with E-state index in [0.717, 1.165) is 34.9 Å². The highest BCUT2D eigenvalue weighted by Gasteiger charge is 2.26. The second-order valence-corrected chi connectivity index (χ2v) is 7.15. The van der Waals surface area contributed by atoms with Crippen LogP contribution in [0.1, 0.15) is 31.0 Å². The minimum Gasteiger partial charge on any atom is -0.492 e. The lowest BCUT2D eigenvalue weighted by atomic mass is 9.85. The molecule has 0 unspecified atom stereocenters. The Kier molecular flexibility index (Phi) is 4.20. The summed E-state index contributed by atoms with van der Waals surface area (Å²) < 4.78 is 10.0. The van der Waals surface area contributed by atoms with Crippen LogP contribution in [-0.4, -0.2) is 30.5 Å². The zero-order valence-electron chi connectivity index (χ0n) is 15.5. The fourth-order valence-electron chi connectivity index (χ4n) is 3.66. The first-order valence-electron chi connectivity index (χ1n) is 9.61. The number of nitrogens with two attached hydrogens (primary N) is 1. The summed E-state index contributed by atoms with van der Waals surface area (Å²) in [4.78, 5) is 13.3. The SMILES string of the molecule is Nc1nccn2c(C3CCC3)nc(-c3cccc(OCCn4ccnc4)c3)c12. The highest BCUT2D eigenvalue weighted by Crippen LogP contribution is 2.39. The average Bonchev–Trinajstić information content (AvgIpc) is 3.30. The highest BCUT2D eigenvalue weighted by molar-refractivity contribution is 5.85. The summed E-state index contributed by atoms with van der Waals surface area (Å²) >= 11 is 0. The molecule has 0 amide bonds. The Morgan fingerprint density at radius 2 is 2.11 bits per heavy atom. The summed E-state index contributed by atoms with van der Waals surface area (Å²) in [5.41, 5.74) is 8.96. The van der Waals surface area contributed by atoms with Crippen molar-refractivity contribution >= 4 is 11.3 Å². The fraction of sp³-hybridized carbons (Fsp3) is 0.286. The zero-order chi connectivity index (χ0) is 18.9. The van der Waals surface area contributed by atoms with Gasteiger partial charge in [0.25, 0.3) is 0 Å². The van der Waals surface area contributed by atoms with Crippen LogP contribution in [0.2, 0.25) is 0 Å². The van der Waals surface area contributed by atoms with E-state index in [0.29, 0.717) is 18.3 Å². The quantitative estimate of drug-likeness (QED) is 0.558. The minimum absolute atomic E-state index is 0.498. The number of nitrogen functional groups attached to an aromatic ring is 1. The normalized spacial score (nSPS) is 14.3. The number of benzene rings is 1. The van der Waals surface area contributed by atoms with Gasteiger partial charge >= 0.3 is 0 Å². The number of nitrogens with zero attached hydrogens (tertiary/aromatic N) is 5. The first-order chi connectivity index (χ1) is 13.8. The molecule has 4 aromatic rings. The molecule has 142 valence electrons. The van der Waals surface area contributed by atoms with Gasteiger partial charge in [0.15, 0.2) is 0 Å². The fourth-order valence-corrected chi connectivity index (χ4v) is 3.66. The number of hydrogen-bond donors (Lipinski definition) is 1. The van der Waals surface area contributed by atoms with E-state index in [4.69, 9.17) is 15.5 Å². The van der Waals surface area contributed by atoms with Crippen molar-refractivity contribution in [1.82, 2.24) is 23.9 Å². The Balaban J connectivity index is 1.46. The Bertz CT molecular complexity index is 1100. The van der Waals surface area contributed by atoms with Crippen LogP contribution < -0.4 is 10.5 Å². The summed E-state index contributed by atoms with van der Waals surface area (Å²) in [6.45, 7) is 1.32. The van der Waals surface area contributed by atoms with Crippen LogP contribution in [0.5, 0.6) is 5.75 Å². The van der Waals surface area contributed by atoms with Gasteiger partial charge in [-0.05, 0) is 25.0 Å². The molecule has 1 aliphatic rings. The largest absolute Gasteiger partial charge is 0.492 e. The predicted molar refractivity (Wildman–Crippen MR) is 107 cm³/mol. The Labute approximate surface area is 162 Å². The third-order valence-corrected chi connectivity index (χ3v) is 5.37. The Hall–Kier alpha value is -3.35. The van der Waals surface area contributed by atoms with Gasteiger partial charge in [0.1, 0.15) is 35.2 Å². The standard InChI is InChI=1S/C21H22N6O/c22-20-19-18(25-21(15-3-1-4-15)27(19)10-8-24-20)16-5-2-6-17(13-16)28-12-11-26-9-7-23-14-26/h2,5-10,13-15H,1,3-4,11-12H2,(H2,22,24). The third kappa shape index (κ3) is 2.98. The molecule has 1 aliphatic carbocycles. The number of imidazole rings is 2.